The quantitative estimate of drug-likeness (QED) is 0.872. The van der Waals surface area contributed by atoms with E-state index in [0.717, 1.165) is 34.9 Å². The number of hydrogen-bond donors (Lipinski definition) is 1. The highest BCUT2D eigenvalue weighted by atomic mass is 32.1. The third kappa shape index (κ3) is 3.42. The van der Waals surface area contributed by atoms with Gasteiger partial charge >= 0.3 is 0 Å². The van der Waals surface area contributed by atoms with Crippen LogP contribution in [0.1, 0.15) is 45.4 Å². The van der Waals surface area contributed by atoms with Gasteiger partial charge < -0.3 is 10.1 Å². The summed E-state index contributed by atoms with van der Waals surface area (Å²) in [6.45, 7) is 4.25. The highest BCUT2D eigenvalue weighted by Crippen LogP contribution is 2.34. The van der Waals surface area contributed by atoms with E-state index in [9.17, 15) is 4.79 Å². The molecule has 0 saturated carbocycles. The Morgan fingerprint density at radius 3 is 2.96 bits per heavy atom. The van der Waals surface area contributed by atoms with Crippen LogP contribution in [0.3, 0.4) is 0 Å². The molecular formula is C19H23NO2S. The number of aryl methyl sites for hydroxylation is 2. The van der Waals surface area contributed by atoms with Crippen molar-refractivity contribution >= 4 is 22.9 Å². The molecule has 0 saturated heterocycles. The average Bonchev–Trinajstić information content (AvgIpc) is 2.98. The number of fused-ring (bicyclic) bond motifs is 1. The maximum atomic E-state index is 12.6. The van der Waals surface area contributed by atoms with Gasteiger partial charge in [0.05, 0.1) is 17.7 Å². The van der Waals surface area contributed by atoms with Crippen molar-refractivity contribution in [2.75, 3.05) is 12.4 Å². The number of benzene rings is 1. The van der Waals surface area contributed by atoms with Gasteiger partial charge in [-0.3, -0.25) is 4.79 Å². The van der Waals surface area contributed by atoms with Crippen LogP contribution in [0.15, 0.2) is 24.3 Å². The molecule has 3 nitrogen and oxygen atoms in total. The first kappa shape index (κ1) is 16.1. The Bertz CT molecular complexity index is 720. The van der Waals surface area contributed by atoms with Crippen LogP contribution < -0.4 is 10.1 Å². The highest BCUT2D eigenvalue weighted by molar-refractivity contribution is 7.14. The zero-order valence-electron chi connectivity index (χ0n) is 13.9. The van der Waals surface area contributed by atoms with E-state index in [2.05, 4.69) is 18.3 Å². The molecule has 0 aliphatic heterocycles. The van der Waals surface area contributed by atoms with Gasteiger partial charge in [-0.25, -0.2) is 0 Å². The number of thiophene rings is 1. The van der Waals surface area contributed by atoms with Gasteiger partial charge in [0.15, 0.2) is 0 Å². The van der Waals surface area contributed by atoms with Gasteiger partial charge in [-0.2, -0.15) is 0 Å². The minimum atomic E-state index is -0.0404. The largest absolute Gasteiger partial charge is 0.495 e. The molecule has 2 aromatic rings. The fraction of sp³-hybridized carbons (Fsp3) is 0.421. The van der Waals surface area contributed by atoms with Crippen LogP contribution in [0.2, 0.25) is 0 Å². The SMILES string of the molecule is CC[C@@H]1CCc2sc(C(=O)Nc3cc(C)ccc3OC)cc2C1. The molecule has 0 spiro atoms. The molecular weight excluding hydrogens is 306 g/mol. The van der Waals surface area contributed by atoms with Gasteiger partial charge in [-0.05, 0) is 61.4 Å². The number of hydrogen-bond acceptors (Lipinski definition) is 3. The first-order valence-corrected chi connectivity index (χ1v) is 9.00. The molecule has 1 aromatic carbocycles. The number of methoxy groups -OCH3 is 1. The number of carbonyl (C=O) groups is 1. The summed E-state index contributed by atoms with van der Waals surface area (Å²) < 4.78 is 5.34. The number of carbonyl (C=O) groups excluding carboxylic acids is 1. The molecule has 1 aliphatic rings. The molecule has 1 amide bonds. The van der Waals surface area contributed by atoms with Gasteiger partial charge in [0.2, 0.25) is 0 Å². The third-order valence-corrected chi connectivity index (χ3v) is 5.83. The normalized spacial score (nSPS) is 16.7. The van der Waals surface area contributed by atoms with Crippen molar-refractivity contribution < 1.29 is 9.53 Å². The van der Waals surface area contributed by atoms with Crippen LogP contribution in [0.25, 0.3) is 0 Å². The summed E-state index contributed by atoms with van der Waals surface area (Å²) in [4.78, 5) is 14.8. The molecule has 3 rings (SSSR count). The van der Waals surface area contributed by atoms with Crippen molar-refractivity contribution in [3.63, 3.8) is 0 Å². The Morgan fingerprint density at radius 1 is 1.39 bits per heavy atom. The molecule has 1 N–H and O–H groups in total. The lowest BCUT2D eigenvalue weighted by atomic mass is 9.87. The Hall–Kier alpha value is -1.81. The van der Waals surface area contributed by atoms with Crippen LogP contribution in [0, 0.1) is 12.8 Å². The van der Waals surface area contributed by atoms with Gasteiger partial charge in [0, 0.05) is 4.88 Å². The summed E-state index contributed by atoms with van der Waals surface area (Å²) in [5.41, 5.74) is 3.20. The topological polar surface area (TPSA) is 38.3 Å². The summed E-state index contributed by atoms with van der Waals surface area (Å²) >= 11 is 1.64. The predicted molar refractivity (Wildman–Crippen MR) is 95.8 cm³/mol. The number of nitrogens with one attached hydrogen (secondary N) is 1. The second-order valence-corrected chi connectivity index (χ2v) is 7.37. The molecule has 122 valence electrons. The molecule has 0 bridgehead atoms. The second-order valence-electron chi connectivity index (χ2n) is 6.23. The van der Waals surface area contributed by atoms with Crippen LogP contribution in [0.4, 0.5) is 5.69 Å². The van der Waals surface area contributed by atoms with Crippen molar-refractivity contribution in [3.05, 3.63) is 45.1 Å². The van der Waals surface area contributed by atoms with Gasteiger partial charge in [-0.15, -0.1) is 11.3 Å². The Morgan fingerprint density at radius 2 is 2.22 bits per heavy atom. The molecule has 1 aromatic heterocycles. The third-order valence-electron chi connectivity index (χ3n) is 4.59. The zero-order valence-corrected chi connectivity index (χ0v) is 14.8. The molecule has 1 aliphatic carbocycles. The number of rotatable bonds is 4. The summed E-state index contributed by atoms with van der Waals surface area (Å²) in [5, 5.41) is 3.00. The number of ether oxygens (including phenoxy) is 1. The lowest BCUT2D eigenvalue weighted by molar-refractivity contribution is 0.103. The van der Waals surface area contributed by atoms with Gasteiger partial charge in [0.1, 0.15) is 5.75 Å². The standard InChI is InChI=1S/C19H23NO2S/c1-4-13-6-8-17-14(10-13)11-18(23-17)19(21)20-15-9-12(2)5-7-16(15)22-3/h5,7,9,11,13H,4,6,8,10H2,1-3H3,(H,20,21)/t13-/m1/s1. The van der Waals surface area contributed by atoms with Crippen molar-refractivity contribution in [2.45, 2.75) is 39.5 Å². The fourth-order valence-electron chi connectivity index (χ4n) is 3.16. The molecule has 0 unspecified atom stereocenters. The van der Waals surface area contributed by atoms with E-state index in [1.54, 1.807) is 18.4 Å². The van der Waals surface area contributed by atoms with E-state index >= 15 is 0 Å². The summed E-state index contributed by atoms with van der Waals surface area (Å²) in [6, 6.07) is 7.89. The molecule has 23 heavy (non-hydrogen) atoms. The number of anilines is 1. The van der Waals surface area contributed by atoms with Crippen molar-refractivity contribution in [1.29, 1.82) is 0 Å². The summed E-state index contributed by atoms with van der Waals surface area (Å²) in [5.74, 6) is 1.42. The minimum Gasteiger partial charge on any atom is -0.495 e. The first-order valence-electron chi connectivity index (χ1n) is 8.18. The van der Waals surface area contributed by atoms with E-state index in [1.807, 2.05) is 25.1 Å². The van der Waals surface area contributed by atoms with E-state index in [4.69, 9.17) is 4.74 Å². The molecule has 0 fully saturated rings. The van der Waals surface area contributed by atoms with Crippen LogP contribution in [-0.4, -0.2) is 13.0 Å². The van der Waals surface area contributed by atoms with E-state index < -0.39 is 0 Å². The van der Waals surface area contributed by atoms with Crippen molar-refractivity contribution in [3.8, 4) is 5.75 Å². The molecule has 0 radical (unpaired) electrons. The minimum absolute atomic E-state index is 0.0404. The number of amides is 1. The van der Waals surface area contributed by atoms with E-state index in [1.165, 1.54) is 23.3 Å². The predicted octanol–water partition coefficient (Wildman–Crippen LogP) is 4.83. The molecule has 1 atom stereocenters. The smallest absolute Gasteiger partial charge is 0.265 e. The maximum absolute atomic E-state index is 12.6. The van der Waals surface area contributed by atoms with Crippen molar-refractivity contribution in [1.82, 2.24) is 0 Å². The summed E-state index contributed by atoms with van der Waals surface area (Å²) in [6.07, 6.45) is 4.69. The van der Waals surface area contributed by atoms with Crippen molar-refractivity contribution in [2.24, 2.45) is 5.92 Å². The van der Waals surface area contributed by atoms with E-state index in [-0.39, 0.29) is 5.91 Å². The highest BCUT2D eigenvalue weighted by Gasteiger charge is 2.22. The van der Waals surface area contributed by atoms with Crippen LogP contribution in [0.5, 0.6) is 5.75 Å². The van der Waals surface area contributed by atoms with Gasteiger partial charge in [0.25, 0.3) is 5.91 Å². The molecule has 1 heterocycles. The second kappa shape index (κ2) is 6.75. The lowest BCUT2D eigenvalue weighted by Gasteiger charge is -2.19. The van der Waals surface area contributed by atoms with Gasteiger partial charge in [-0.1, -0.05) is 19.4 Å². The Kier molecular flexibility index (Phi) is 4.71. The molecule has 4 heteroatoms. The Labute approximate surface area is 141 Å². The zero-order chi connectivity index (χ0) is 16.4. The summed E-state index contributed by atoms with van der Waals surface area (Å²) in [7, 11) is 1.62. The van der Waals surface area contributed by atoms with Crippen LogP contribution in [-0.2, 0) is 12.8 Å². The Balaban J connectivity index is 1.80. The van der Waals surface area contributed by atoms with Crippen LogP contribution >= 0.6 is 11.3 Å². The average molecular weight is 329 g/mol. The first-order chi connectivity index (χ1) is 11.1. The maximum Gasteiger partial charge on any atom is 0.265 e. The lowest BCUT2D eigenvalue weighted by Crippen LogP contribution is -2.11. The van der Waals surface area contributed by atoms with E-state index in [0.29, 0.717) is 5.75 Å². The fourth-order valence-corrected chi connectivity index (χ4v) is 4.27. The monoisotopic (exact) mass is 329 g/mol.